The molecule has 166 valence electrons. The summed E-state index contributed by atoms with van der Waals surface area (Å²) in [6.45, 7) is 0.723. The molecule has 3 amide bonds. The lowest BCUT2D eigenvalue weighted by Gasteiger charge is -2.34. The fraction of sp³-hybridized carbons (Fsp3) is 0.300. The van der Waals surface area contributed by atoms with E-state index < -0.39 is 16.1 Å². The monoisotopic (exact) mass is 468 g/mol. The Labute approximate surface area is 185 Å². The summed E-state index contributed by atoms with van der Waals surface area (Å²) in [7, 11) is -3.69. The lowest BCUT2D eigenvalue weighted by molar-refractivity contribution is -0.131. The molecular formula is C20H22ClFN4O4S. The number of amides is 3. The first-order valence-corrected chi connectivity index (χ1v) is 11.4. The van der Waals surface area contributed by atoms with Crippen LogP contribution in [0, 0.1) is 5.82 Å². The van der Waals surface area contributed by atoms with E-state index in [9.17, 15) is 22.4 Å². The maximum Gasteiger partial charge on any atom is 0.315 e. The highest BCUT2D eigenvalue weighted by Gasteiger charge is 2.30. The molecule has 3 rings (SSSR count). The second-order valence-electron chi connectivity index (χ2n) is 6.90. The Balaban J connectivity index is 1.43. The number of halogens is 2. The lowest BCUT2D eigenvalue weighted by atomic mass is 10.2. The summed E-state index contributed by atoms with van der Waals surface area (Å²) in [6.07, 6.45) is 0. The molecule has 31 heavy (non-hydrogen) atoms. The van der Waals surface area contributed by atoms with Crippen molar-refractivity contribution in [2.24, 2.45) is 0 Å². The van der Waals surface area contributed by atoms with Gasteiger partial charge in [0.1, 0.15) is 5.82 Å². The van der Waals surface area contributed by atoms with Crippen molar-refractivity contribution in [3.05, 3.63) is 64.9 Å². The molecule has 0 spiro atoms. The molecule has 1 aliphatic heterocycles. The molecule has 0 bridgehead atoms. The molecule has 1 fully saturated rings. The third-order valence-corrected chi connectivity index (χ3v) is 6.92. The Morgan fingerprint density at radius 3 is 2.32 bits per heavy atom. The molecule has 0 unspecified atom stereocenters. The zero-order chi connectivity index (χ0) is 22.4. The number of nitrogens with zero attached hydrogens (tertiary/aromatic N) is 2. The summed E-state index contributed by atoms with van der Waals surface area (Å²) in [6, 6.07) is 11.2. The highest BCUT2D eigenvalue weighted by molar-refractivity contribution is 7.89. The lowest BCUT2D eigenvalue weighted by Crippen LogP contribution is -2.53. The van der Waals surface area contributed by atoms with E-state index in [4.69, 9.17) is 11.6 Å². The van der Waals surface area contributed by atoms with Gasteiger partial charge in [-0.1, -0.05) is 29.8 Å². The zero-order valence-electron chi connectivity index (χ0n) is 16.6. The van der Waals surface area contributed by atoms with Crippen molar-refractivity contribution in [3.63, 3.8) is 0 Å². The average Bonchev–Trinajstić information content (AvgIpc) is 2.77. The Morgan fingerprint density at radius 1 is 1.00 bits per heavy atom. The fourth-order valence-corrected chi connectivity index (χ4v) is 4.79. The first-order valence-electron chi connectivity index (χ1n) is 9.55. The van der Waals surface area contributed by atoms with E-state index in [0.29, 0.717) is 5.02 Å². The van der Waals surface area contributed by atoms with Crippen molar-refractivity contribution in [3.8, 4) is 0 Å². The van der Waals surface area contributed by atoms with Crippen LogP contribution in [0.1, 0.15) is 5.56 Å². The number of benzene rings is 2. The molecule has 0 atom stereocenters. The second kappa shape index (κ2) is 10.1. The van der Waals surface area contributed by atoms with Gasteiger partial charge in [-0.25, -0.2) is 17.6 Å². The van der Waals surface area contributed by atoms with Crippen molar-refractivity contribution >= 4 is 33.6 Å². The van der Waals surface area contributed by atoms with E-state index in [1.54, 1.807) is 24.3 Å². The van der Waals surface area contributed by atoms with Crippen LogP contribution < -0.4 is 10.6 Å². The number of sulfonamides is 1. The van der Waals surface area contributed by atoms with Crippen LogP contribution in [0.5, 0.6) is 0 Å². The molecule has 8 nitrogen and oxygen atoms in total. The molecule has 0 radical (unpaired) electrons. The predicted molar refractivity (Wildman–Crippen MR) is 113 cm³/mol. The third kappa shape index (κ3) is 6.16. The van der Waals surface area contributed by atoms with Crippen molar-refractivity contribution in [2.75, 3.05) is 32.7 Å². The van der Waals surface area contributed by atoms with E-state index in [2.05, 4.69) is 10.6 Å². The van der Waals surface area contributed by atoms with Crippen LogP contribution in [0.15, 0.2) is 53.4 Å². The number of piperazine rings is 1. The smallest absolute Gasteiger partial charge is 0.315 e. The molecule has 11 heteroatoms. The van der Waals surface area contributed by atoms with Gasteiger partial charge in [-0.3, -0.25) is 4.79 Å². The third-order valence-electron chi connectivity index (χ3n) is 4.79. The van der Waals surface area contributed by atoms with Gasteiger partial charge in [-0.05, 0) is 35.9 Å². The zero-order valence-corrected chi connectivity index (χ0v) is 18.1. The molecule has 0 aliphatic carbocycles. The summed E-state index contributed by atoms with van der Waals surface area (Å²) >= 11 is 5.89. The number of nitrogens with one attached hydrogen (secondary N) is 2. The van der Waals surface area contributed by atoms with Gasteiger partial charge >= 0.3 is 6.03 Å². The minimum atomic E-state index is -3.69. The van der Waals surface area contributed by atoms with Gasteiger partial charge in [0.15, 0.2) is 0 Å². The van der Waals surface area contributed by atoms with Crippen molar-refractivity contribution < 1.29 is 22.4 Å². The number of carbonyl (C=O) groups is 2. The number of carbonyl (C=O) groups excluding carboxylic acids is 2. The van der Waals surface area contributed by atoms with Gasteiger partial charge in [-0.15, -0.1) is 0 Å². The normalized spacial score (nSPS) is 14.8. The van der Waals surface area contributed by atoms with Crippen molar-refractivity contribution in [2.45, 2.75) is 11.4 Å². The standard InChI is InChI=1S/C20H22ClFN4O4S/c21-16-2-1-3-18(12-16)31(29,30)26-10-8-25(9-11-26)19(27)14-24-20(28)23-13-15-4-6-17(22)7-5-15/h1-7,12H,8-11,13-14H2,(H2,23,24,28). The van der Waals surface area contributed by atoms with Gasteiger partial charge in [0.25, 0.3) is 0 Å². The number of urea groups is 1. The maximum atomic E-state index is 12.9. The SMILES string of the molecule is O=C(NCC(=O)N1CCN(S(=O)(=O)c2cccc(Cl)c2)CC1)NCc1ccc(F)cc1. The first-order chi connectivity index (χ1) is 14.8. The van der Waals surface area contributed by atoms with Gasteiger partial charge in [0.05, 0.1) is 11.4 Å². The van der Waals surface area contributed by atoms with Gasteiger partial charge in [0, 0.05) is 37.7 Å². The maximum absolute atomic E-state index is 12.9. The molecule has 0 saturated carbocycles. The number of hydrogen-bond acceptors (Lipinski definition) is 4. The highest BCUT2D eigenvalue weighted by Crippen LogP contribution is 2.20. The summed E-state index contributed by atoms with van der Waals surface area (Å²) in [5.41, 5.74) is 0.722. The predicted octanol–water partition coefficient (Wildman–Crippen LogP) is 1.81. The van der Waals surface area contributed by atoms with E-state index >= 15 is 0 Å². The Hall–Kier alpha value is -2.69. The van der Waals surface area contributed by atoms with Crippen LogP contribution in [0.25, 0.3) is 0 Å². The van der Waals surface area contributed by atoms with Crippen molar-refractivity contribution in [1.82, 2.24) is 19.8 Å². The van der Waals surface area contributed by atoms with E-state index in [-0.39, 0.29) is 55.9 Å². The molecule has 2 aromatic carbocycles. The van der Waals surface area contributed by atoms with Crippen LogP contribution in [0.3, 0.4) is 0 Å². The van der Waals surface area contributed by atoms with Crippen LogP contribution in [-0.2, 0) is 21.4 Å². The summed E-state index contributed by atoms with van der Waals surface area (Å²) in [4.78, 5) is 25.8. The van der Waals surface area contributed by atoms with Gasteiger partial charge < -0.3 is 15.5 Å². The summed E-state index contributed by atoms with van der Waals surface area (Å²) < 4.78 is 39.6. The van der Waals surface area contributed by atoms with Crippen LogP contribution in [-0.4, -0.2) is 62.3 Å². The molecule has 1 aliphatic rings. The van der Waals surface area contributed by atoms with E-state index in [1.807, 2.05) is 0 Å². The molecule has 1 saturated heterocycles. The molecule has 2 N–H and O–H groups in total. The molecular weight excluding hydrogens is 447 g/mol. The fourth-order valence-electron chi connectivity index (χ4n) is 3.07. The Bertz CT molecular complexity index is 1040. The molecule has 1 heterocycles. The van der Waals surface area contributed by atoms with Crippen LogP contribution in [0.2, 0.25) is 5.02 Å². The van der Waals surface area contributed by atoms with Crippen LogP contribution >= 0.6 is 11.6 Å². The second-order valence-corrected chi connectivity index (χ2v) is 9.28. The Morgan fingerprint density at radius 2 is 1.68 bits per heavy atom. The summed E-state index contributed by atoms with van der Waals surface area (Å²) in [5.74, 6) is -0.670. The van der Waals surface area contributed by atoms with E-state index in [1.165, 1.54) is 33.5 Å². The number of hydrogen-bond donors (Lipinski definition) is 2. The quantitative estimate of drug-likeness (QED) is 0.675. The topological polar surface area (TPSA) is 98.8 Å². The van der Waals surface area contributed by atoms with Crippen molar-refractivity contribution in [1.29, 1.82) is 0 Å². The minimum Gasteiger partial charge on any atom is -0.339 e. The van der Waals surface area contributed by atoms with Gasteiger partial charge in [0.2, 0.25) is 15.9 Å². The van der Waals surface area contributed by atoms with Crippen LogP contribution in [0.4, 0.5) is 9.18 Å². The summed E-state index contributed by atoms with van der Waals surface area (Å²) in [5, 5.41) is 5.39. The molecule has 2 aromatic rings. The first kappa shape index (κ1) is 23.0. The van der Waals surface area contributed by atoms with Gasteiger partial charge in [-0.2, -0.15) is 4.31 Å². The largest absolute Gasteiger partial charge is 0.339 e. The number of rotatable bonds is 6. The average molecular weight is 469 g/mol. The minimum absolute atomic E-state index is 0.110. The Kier molecular flexibility index (Phi) is 7.47. The van der Waals surface area contributed by atoms with E-state index in [0.717, 1.165) is 5.56 Å². The highest BCUT2D eigenvalue weighted by atomic mass is 35.5. The molecule has 0 aromatic heterocycles.